The number of aromatic amines is 1. The molecule has 0 fully saturated rings. The van der Waals surface area contributed by atoms with Crippen LogP contribution in [0, 0.1) is 18.6 Å². The molecule has 2 aromatic carbocycles. The molecule has 0 atom stereocenters. The third kappa shape index (κ3) is 3.83. The van der Waals surface area contributed by atoms with Crippen LogP contribution in [0.15, 0.2) is 48.5 Å². The van der Waals surface area contributed by atoms with Crippen molar-refractivity contribution in [3.8, 4) is 5.75 Å². The number of ether oxygens (including phenoxy) is 1. The van der Waals surface area contributed by atoms with Crippen LogP contribution in [0.1, 0.15) is 22.5 Å². The second-order valence-corrected chi connectivity index (χ2v) is 6.00. The Balaban J connectivity index is 1.64. The predicted molar refractivity (Wildman–Crippen MR) is 97.2 cm³/mol. The van der Waals surface area contributed by atoms with Crippen LogP contribution in [0.5, 0.6) is 5.75 Å². The van der Waals surface area contributed by atoms with E-state index in [0.29, 0.717) is 17.9 Å². The molecule has 0 aliphatic carbocycles. The van der Waals surface area contributed by atoms with Gasteiger partial charge in [0.15, 0.2) is 0 Å². The second kappa shape index (κ2) is 7.31. The van der Waals surface area contributed by atoms with Crippen molar-refractivity contribution < 1.29 is 4.74 Å². The maximum atomic E-state index is 5.92. The van der Waals surface area contributed by atoms with E-state index < -0.39 is 0 Å². The Bertz CT molecular complexity index is 884. The van der Waals surface area contributed by atoms with Crippen LogP contribution in [0.3, 0.4) is 0 Å². The fourth-order valence-corrected chi connectivity index (χ4v) is 2.65. The largest absolute Gasteiger partial charge is 0.489 e. The first-order valence-corrected chi connectivity index (χ1v) is 8.18. The van der Waals surface area contributed by atoms with E-state index >= 15 is 0 Å². The molecule has 5 nitrogen and oxygen atoms in total. The summed E-state index contributed by atoms with van der Waals surface area (Å²) in [6.45, 7) is 5.18. The molecule has 3 aromatic rings. The van der Waals surface area contributed by atoms with E-state index in [2.05, 4.69) is 34.7 Å². The van der Waals surface area contributed by atoms with Crippen LogP contribution in [0.25, 0.3) is 0 Å². The summed E-state index contributed by atoms with van der Waals surface area (Å²) in [6.07, 6.45) is 0. The standard InChI is InChI=1S/C18H20N4OS/c1-13-6-3-4-8-16(13)12-23-17-9-5-7-15(10-17)11-19-22-14(2)20-21-18(22)24/h3-10,19H,11-12H2,1-2H3,(H,21,24). The van der Waals surface area contributed by atoms with Gasteiger partial charge >= 0.3 is 0 Å². The molecule has 1 aromatic heterocycles. The number of hydrogen-bond acceptors (Lipinski definition) is 4. The van der Waals surface area contributed by atoms with Crippen molar-refractivity contribution >= 4 is 12.2 Å². The summed E-state index contributed by atoms with van der Waals surface area (Å²) in [6, 6.07) is 16.3. The first kappa shape index (κ1) is 16.3. The highest BCUT2D eigenvalue weighted by atomic mass is 32.1. The highest BCUT2D eigenvalue weighted by Gasteiger charge is 2.03. The second-order valence-electron chi connectivity index (χ2n) is 5.61. The zero-order chi connectivity index (χ0) is 16.9. The zero-order valence-corrected chi connectivity index (χ0v) is 14.6. The smallest absolute Gasteiger partial charge is 0.214 e. The van der Waals surface area contributed by atoms with E-state index in [9.17, 15) is 0 Å². The van der Waals surface area contributed by atoms with Crippen molar-refractivity contribution in [2.75, 3.05) is 5.43 Å². The van der Waals surface area contributed by atoms with Crippen LogP contribution in [-0.2, 0) is 13.2 Å². The molecule has 0 saturated carbocycles. The lowest BCUT2D eigenvalue weighted by molar-refractivity contribution is 0.305. The van der Waals surface area contributed by atoms with Gasteiger partial charge in [0.1, 0.15) is 18.2 Å². The Morgan fingerprint density at radius 2 is 2.00 bits per heavy atom. The predicted octanol–water partition coefficient (Wildman–Crippen LogP) is 3.88. The lowest BCUT2D eigenvalue weighted by Gasteiger charge is -2.11. The molecule has 0 saturated heterocycles. The first-order chi connectivity index (χ1) is 11.6. The van der Waals surface area contributed by atoms with Gasteiger partial charge < -0.3 is 10.2 Å². The summed E-state index contributed by atoms with van der Waals surface area (Å²) < 4.78 is 8.24. The van der Waals surface area contributed by atoms with Crippen LogP contribution < -0.4 is 10.2 Å². The zero-order valence-electron chi connectivity index (χ0n) is 13.7. The number of H-pyrrole nitrogens is 1. The van der Waals surface area contributed by atoms with Gasteiger partial charge in [-0.2, -0.15) is 5.10 Å². The van der Waals surface area contributed by atoms with Gasteiger partial charge in [0, 0.05) is 0 Å². The number of aromatic nitrogens is 3. The maximum absolute atomic E-state index is 5.92. The van der Waals surface area contributed by atoms with Gasteiger partial charge in [-0.25, -0.2) is 4.68 Å². The topological polar surface area (TPSA) is 54.9 Å². The minimum absolute atomic E-state index is 0.555. The highest BCUT2D eigenvalue weighted by Crippen LogP contribution is 2.16. The first-order valence-electron chi connectivity index (χ1n) is 7.77. The molecule has 6 heteroatoms. The van der Waals surface area contributed by atoms with Gasteiger partial charge in [-0.1, -0.05) is 36.4 Å². The molecule has 0 radical (unpaired) electrons. The van der Waals surface area contributed by atoms with E-state index in [1.807, 2.05) is 43.3 Å². The van der Waals surface area contributed by atoms with Crippen molar-refractivity contribution in [1.82, 2.24) is 14.9 Å². The fourth-order valence-electron chi connectivity index (χ4n) is 2.41. The molecule has 24 heavy (non-hydrogen) atoms. The summed E-state index contributed by atoms with van der Waals surface area (Å²) in [5, 5.41) is 6.83. The normalized spacial score (nSPS) is 10.6. The molecule has 0 bridgehead atoms. The average Bonchev–Trinajstić information content (AvgIpc) is 2.91. The average molecular weight is 340 g/mol. The van der Waals surface area contributed by atoms with E-state index in [1.54, 1.807) is 4.68 Å². The lowest BCUT2D eigenvalue weighted by atomic mass is 10.1. The van der Waals surface area contributed by atoms with Crippen molar-refractivity contribution in [3.05, 3.63) is 75.8 Å². The summed E-state index contributed by atoms with van der Waals surface area (Å²) in [7, 11) is 0. The number of nitrogens with one attached hydrogen (secondary N) is 2. The Kier molecular flexibility index (Phi) is 4.96. The SMILES string of the molecule is Cc1ccccc1COc1cccc(CNn2c(C)n[nH]c2=S)c1. The molecule has 124 valence electrons. The third-order valence-electron chi connectivity index (χ3n) is 3.84. The van der Waals surface area contributed by atoms with Gasteiger partial charge in [0.25, 0.3) is 0 Å². The quantitative estimate of drug-likeness (QED) is 0.669. The molecule has 0 aliphatic rings. The Morgan fingerprint density at radius 3 is 2.75 bits per heavy atom. The minimum atomic E-state index is 0.555. The Labute approximate surface area is 146 Å². The lowest BCUT2D eigenvalue weighted by Crippen LogP contribution is -2.16. The highest BCUT2D eigenvalue weighted by molar-refractivity contribution is 7.71. The molecule has 0 spiro atoms. The molecule has 3 rings (SSSR count). The molecule has 0 unspecified atom stereocenters. The Morgan fingerprint density at radius 1 is 1.17 bits per heavy atom. The molecular weight excluding hydrogens is 320 g/mol. The fraction of sp³-hybridized carbons (Fsp3) is 0.222. The van der Waals surface area contributed by atoms with Gasteiger partial charge in [-0.3, -0.25) is 5.10 Å². The Hall–Kier alpha value is -2.60. The van der Waals surface area contributed by atoms with Crippen molar-refractivity contribution in [1.29, 1.82) is 0 Å². The van der Waals surface area contributed by atoms with Crippen LogP contribution in [0.2, 0.25) is 0 Å². The molecule has 1 heterocycles. The van der Waals surface area contributed by atoms with Gasteiger partial charge in [0.2, 0.25) is 4.77 Å². The van der Waals surface area contributed by atoms with Crippen LogP contribution in [-0.4, -0.2) is 14.9 Å². The number of hydrogen-bond donors (Lipinski definition) is 2. The summed E-state index contributed by atoms with van der Waals surface area (Å²) in [4.78, 5) is 0. The molecule has 2 N–H and O–H groups in total. The number of benzene rings is 2. The molecule has 0 aliphatic heterocycles. The number of aryl methyl sites for hydroxylation is 2. The van der Waals surface area contributed by atoms with E-state index in [0.717, 1.165) is 17.1 Å². The monoisotopic (exact) mass is 340 g/mol. The van der Waals surface area contributed by atoms with E-state index in [4.69, 9.17) is 17.0 Å². The van der Waals surface area contributed by atoms with Gasteiger partial charge in [0.05, 0.1) is 6.54 Å². The van der Waals surface area contributed by atoms with Gasteiger partial charge in [-0.15, -0.1) is 0 Å². The number of rotatable bonds is 6. The van der Waals surface area contributed by atoms with Crippen molar-refractivity contribution in [3.63, 3.8) is 0 Å². The van der Waals surface area contributed by atoms with Crippen molar-refractivity contribution in [2.24, 2.45) is 0 Å². The summed E-state index contributed by atoms with van der Waals surface area (Å²) >= 11 is 5.18. The van der Waals surface area contributed by atoms with E-state index in [-0.39, 0.29) is 0 Å². The van der Waals surface area contributed by atoms with Crippen LogP contribution >= 0.6 is 12.2 Å². The minimum Gasteiger partial charge on any atom is -0.489 e. The summed E-state index contributed by atoms with van der Waals surface area (Å²) in [5.41, 5.74) is 6.79. The van der Waals surface area contributed by atoms with Crippen molar-refractivity contribution in [2.45, 2.75) is 27.0 Å². The molecule has 0 amide bonds. The summed E-state index contributed by atoms with van der Waals surface area (Å²) in [5.74, 6) is 1.65. The van der Waals surface area contributed by atoms with E-state index in [1.165, 1.54) is 11.1 Å². The van der Waals surface area contributed by atoms with Gasteiger partial charge in [-0.05, 0) is 54.9 Å². The van der Waals surface area contributed by atoms with Crippen LogP contribution in [0.4, 0.5) is 0 Å². The molecular formula is C18H20N4OS. The number of nitrogens with zero attached hydrogens (tertiary/aromatic N) is 2. The third-order valence-corrected chi connectivity index (χ3v) is 4.11. The maximum Gasteiger partial charge on any atom is 0.214 e.